The topological polar surface area (TPSA) is 61.9 Å². The van der Waals surface area contributed by atoms with Crippen molar-refractivity contribution in [2.45, 2.75) is 6.92 Å². The van der Waals surface area contributed by atoms with Crippen LogP contribution in [0.25, 0.3) is 0 Å². The maximum absolute atomic E-state index is 7.60. The number of allylic oxidation sites excluding steroid dienone is 5. The highest BCUT2D eigenvalue weighted by Gasteiger charge is 2.07. The van der Waals surface area contributed by atoms with E-state index in [1.807, 2.05) is 20.0 Å². The predicted octanol–water partition coefficient (Wildman–Crippen LogP) is 0.912. The molecular weight excluding hydrogens is 150 g/mol. The molecule has 0 unspecified atom stereocenters. The summed E-state index contributed by atoms with van der Waals surface area (Å²) in [6.45, 7) is 1.93. The first kappa shape index (κ1) is 8.59. The maximum Gasteiger partial charge on any atom is 0.0649 e. The molecule has 12 heavy (non-hydrogen) atoms. The largest absolute Gasteiger partial charge is 0.399 e. The van der Waals surface area contributed by atoms with Crippen LogP contribution in [0, 0.1) is 5.41 Å². The zero-order valence-electron chi connectivity index (χ0n) is 7.31. The average molecular weight is 163 g/mol. The molecule has 3 nitrogen and oxygen atoms in total. The van der Waals surface area contributed by atoms with E-state index >= 15 is 0 Å². The summed E-state index contributed by atoms with van der Waals surface area (Å²) in [6, 6.07) is 0. The molecule has 0 atom stereocenters. The van der Waals surface area contributed by atoms with Gasteiger partial charge in [-0.2, -0.15) is 0 Å². The van der Waals surface area contributed by atoms with Crippen molar-refractivity contribution in [3.8, 4) is 0 Å². The van der Waals surface area contributed by atoms with Gasteiger partial charge in [0.05, 0.1) is 5.71 Å². The summed E-state index contributed by atoms with van der Waals surface area (Å²) >= 11 is 0. The molecule has 1 aliphatic carbocycles. The van der Waals surface area contributed by atoms with E-state index in [0.717, 1.165) is 11.3 Å². The maximum atomic E-state index is 7.60. The number of nitrogens with one attached hydrogen (secondary N) is 2. The number of hydrogen-bond donors (Lipinski definition) is 3. The molecule has 64 valence electrons. The molecule has 1 rings (SSSR count). The van der Waals surface area contributed by atoms with Gasteiger partial charge in [-0.05, 0) is 25.2 Å². The van der Waals surface area contributed by atoms with Gasteiger partial charge in [0.25, 0.3) is 0 Å². The summed E-state index contributed by atoms with van der Waals surface area (Å²) in [4.78, 5) is 0. The van der Waals surface area contributed by atoms with Gasteiger partial charge in [0.1, 0.15) is 0 Å². The standard InChI is InChI=1S/C9H13N3/c1-6(12-2)8-4-3-7(10)5-9(8)11/h3-5,11-12H,10H2,1-2H3/b8-6-,11-9?. The quantitative estimate of drug-likeness (QED) is 0.538. The average Bonchev–Trinajstić information content (AvgIpc) is 2.03. The Bertz CT molecular complexity index is 295. The lowest BCUT2D eigenvalue weighted by Crippen LogP contribution is -2.13. The van der Waals surface area contributed by atoms with Crippen LogP contribution >= 0.6 is 0 Å². The van der Waals surface area contributed by atoms with Gasteiger partial charge < -0.3 is 16.5 Å². The molecule has 0 aliphatic heterocycles. The highest BCUT2D eigenvalue weighted by atomic mass is 14.8. The zero-order valence-corrected chi connectivity index (χ0v) is 7.31. The van der Waals surface area contributed by atoms with E-state index in [9.17, 15) is 0 Å². The Balaban J connectivity index is 3.01. The van der Waals surface area contributed by atoms with Gasteiger partial charge in [0.2, 0.25) is 0 Å². The van der Waals surface area contributed by atoms with Crippen LogP contribution in [0.5, 0.6) is 0 Å². The Morgan fingerprint density at radius 2 is 2.17 bits per heavy atom. The van der Waals surface area contributed by atoms with Gasteiger partial charge in [-0.25, -0.2) is 0 Å². The third-order valence-corrected chi connectivity index (χ3v) is 1.82. The van der Waals surface area contributed by atoms with Crippen LogP contribution in [0.2, 0.25) is 0 Å². The molecule has 0 bridgehead atoms. The number of rotatable bonds is 1. The van der Waals surface area contributed by atoms with Crippen molar-refractivity contribution in [3.63, 3.8) is 0 Å². The molecule has 3 heteroatoms. The van der Waals surface area contributed by atoms with E-state index in [2.05, 4.69) is 5.32 Å². The van der Waals surface area contributed by atoms with E-state index < -0.39 is 0 Å². The van der Waals surface area contributed by atoms with E-state index in [4.69, 9.17) is 11.1 Å². The summed E-state index contributed by atoms with van der Waals surface area (Å²) in [5, 5.41) is 10.6. The molecule has 0 saturated heterocycles. The Hall–Kier alpha value is -1.51. The minimum atomic E-state index is 0.460. The van der Waals surface area contributed by atoms with Crippen molar-refractivity contribution in [2.24, 2.45) is 5.73 Å². The van der Waals surface area contributed by atoms with Crippen LogP contribution in [0.3, 0.4) is 0 Å². The normalized spacial score (nSPS) is 20.5. The van der Waals surface area contributed by atoms with Gasteiger partial charge in [-0.15, -0.1) is 0 Å². The van der Waals surface area contributed by atoms with Gasteiger partial charge in [-0.3, -0.25) is 0 Å². The van der Waals surface area contributed by atoms with E-state index in [1.165, 1.54) is 0 Å². The Morgan fingerprint density at radius 3 is 2.67 bits per heavy atom. The minimum absolute atomic E-state index is 0.460. The van der Waals surface area contributed by atoms with Crippen molar-refractivity contribution in [3.05, 3.63) is 35.2 Å². The zero-order chi connectivity index (χ0) is 9.14. The lowest BCUT2D eigenvalue weighted by molar-refractivity contribution is 0.980. The van der Waals surface area contributed by atoms with Crippen molar-refractivity contribution in [1.82, 2.24) is 5.32 Å². The number of hydrogen-bond acceptors (Lipinski definition) is 3. The van der Waals surface area contributed by atoms with Gasteiger partial charge in [0.15, 0.2) is 0 Å². The van der Waals surface area contributed by atoms with Crippen molar-refractivity contribution >= 4 is 5.71 Å². The molecule has 0 aromatic rings. The second kappa shape index (κ2) is 3.26. The molecule has 0 aromatic heterocycles. The monoisotopic (exact) mass is 163 g/mol. The first-order chi connectivity index (χ1) is 5.65. The van der Waals surface area contributed by atoms with E-state index in [-0.39, 0.29) is 0 Å². The molecule has 0 spiro atoms. The van der Waals surface area contributed by atoms with Crippen LogP contribution in [-0.4, -0.2) is 12.8 Å². The highest BCUT2D eigenvalue weighted by Crippen LogP contribution is 2.12. The van der Waals surface area contributed by atoms with Crippen molar-refractivity contribution < 1.29 is 0 Å². The smallest absolute Gasteiger partial charge is 0.0649 e. The molecule has 0 radical (unpaired) electrons. The number of nitrogens with two attached hydrogens (primary N) is 1. The van der Waals surface area contributed by atoms with Crippen LogP contribution in [0.1, 0.15) is 6.92 Å². The molecule has 4 N–H and O–H groups in total. The molecule has 1 aliphatic rings. The molecule has 0 aromatic carbocycles. The Kier molecular flexibility index (Phi) is 2.33. The minimum Gasteiger partial charge on any atom is -0.399 e. The van der Waals surface area contributed by atoms with Gasteiger partial charge in [0, 0.05) is 24.0 Å². The van der Waals surface area contributed by atoms with Crippen LogP contribution in [-0.2, 0) is 0 Å². The summed E-state index contributed by atoms with van der Waals surface area (Å²) < 4.78 is 0. The fourth-order valence-corrected chi connectivity index (χ4v) is 1.02. The van der Waals surface area contributed by atoms with Crippen molar-refractivity contribution in [1.29, 1.82) is 5.41 Å². The van der Waals surface area contributed by atoms with Gasteiger partial charge >= 0.3 is 0 Å². The van der Waals surface area contributed by atoms with Crippen LogP contribution in [0.15, 0.2) is 35.2 Å². The second-order valence-electron chi connectivity index (χ2n) is 2.68. The van der Waals surface area contributed by atoms with E-state index in [0.29, 0.717) is 11.4 Å². The van der Waals surface area contributed by atoms with Crippen LogP contribution in [0.4, 0.5) is 0 Å². The fourth-order valence-electron chi connectivity index (χ4n) is 1.02. The third-order valence-electron chi connectivity index (χ3n) is 1.82. The molecular formula is C9H13N3. The van der Waals surface area contributed by atoms with Crippen LogP contribution < -0.4 is 11.1 Å². The first-order valence-electron chi connectivity index (χ1n) is 3.78. The van der Waals surface area contributed by atoms with E-state index in [1.54, 1.807) is 12.2 Å². The Morgan fingerprint density at radius 1 is 1.50 bits per heavy atom. The first-order valence-corrected chi connectivity index (χ1v) is 3.78. The summed E-state index contributed by atoms with van der Waals surface area (Å²) in [5.74, 6) is 0. The summed E-state index contributed by atoms with van der Waals surface area (Å²) in [7, 11) is 1.84. The van der Waals surface area contributed by atoms with Gasteiger partial charge in [-0.1, -0.05) is 0 Å². The lowest BCUT2D eigenvalue weighted by atomic mass is 10.0. The highest BCUT2D eigenvalue weighted by molar-refractivity contribution is 6.10. The molecule has 0 heterocycles. The van der Waals surface area contributed by atoms with Crippen molar-refractivity contribution in [2.75, 3.05) is 7.05 Å². The Labute approximate surface area is 72.2 Å². The second-order valence-corrected chi connectivity index (χ2v) is 2.68. The fraction of sp³-hybridized carbons (Fsp3) is 0.222. The molecule has 0 amide bonds. The lowest BCUT2D eigenvalue weighted by Gasteiger charge is -2.10. The summed E-state index contributed by atoms with van der Waals surface area (Å²) in [6.07, 6.45) is 5.30. The molecule has 0 saturated carbocycles. The predicted molar refractivity (Wildman–Crippen MR) is 50.9 cm³/mol. The SMILES string of the molecule is CN/C(C)=C1/C=CC(N)=CC1=N. The third kappa shape index (κ3) is 1.56. The summed E-state index contributed by atoms with van der Waals surface area (Å²) in [5.41, 5.74) is 8.49. The molecule has 0 fully saturated rings.